The zero-order chi connectivity index (χ0) is 21.0. The molecule has 0 bridgehead atoms. The minimum Gasteiger partial charge on any atom is -0.476 e. The van der Waals surface area contributed by atoms with Gasteiger partial charge in [-0.25, -0.2) is 9.78 Å². The second kappa shape index (κ2) is 8.75. The minimum absolute atomic E-state index is 0.0284. The number of alkyl halides is 3. The standard InChI is InChI=1S/C21H19F3N2O2S/c1-14-5-7-15(8-6-14)10-26(12-19-25-18(13-29-19)20(27)28)11-16-3-2-4-17(9-16)21(22,23)24/h2-9,13H,10-12H2,1H3,(H,27,28). The molecule has 4 nitrogen and oxygen atoms in total. The summed E-state index contributed by atoms with van der Waals surface area (Å²) in [5.41, 5.74) is 1.94. The number of carboxylic acids is 1. The summed E-state index contributed by atoms with van der Waals surface area (Å²) in [5.74, 6) is -1.10. The van der Waals surface area contributed by atoms with E-state index in [4.69, 9.17) is 5.11 Å². The summed E-state index contributed by atoms with van der Waals surface area (Å²) in [4.78, 5) is 17.1. The number of hydrogen-bond acceptors (Lipinski definition) is 4. The molecule has 8 heteroatoms. The van der Waals surface area contributed by atoms with Crippen LogP contribution in [0.25, 0.3) is 0 Å². The molecule has 0 atom stereocenters. The van der Waals surface area contributed by atoms with Crippen LogP contribution in [0.4, 0.5) is 13.2 Å². The molecule has 1 N–H and O–H groups in total. The normalized spacial score (nSPS) is 11.8. The van der Waals surface area contributed by atoms with E-state index in [9.17, 15) is 18.0 Å². The van der Waals surface area contributed by atoms with Crippen molar-refractivity contribution in [2.24, 2.45) is 0 Å². The highest BCUT2D eigenvalue weighted by atomic mass is 32.1. The van der Waals surface area contributed by atoms with E-state index >= 15 is 0 Å². The number of hydrogen-bond donors (Lipinski definition) is 1. The van der Waals surface area contributed by atoms with Crippen molar-refractivity contribution < 1.29 is 23.1 Å². The predicted molar refractivity (Wildman–Crippen MR) is 105 cm³/mol. The molecule has 3 rings (SSSR count). The Bertz CT molecular complexity index is 984. The van der Waals surface area contributed by atoms with Crippen molar-refractivity contribution in [1.82, 2.24) is 9.88 Å². The molecule has 2 aromatic carbocycles. The van der Waals surface area contributed by atoms with Crippen LogP contribution in [-0.2, 0) is 25.8 Å². The van der Waals surface area contributed by atoms with Crippen LogP contribution in [0.5, 0.6) is 0 Å². The van der Waals surface area contributed by atoms with Crippen molar-refractivity contribution >= 4 is 17.3 Å². The maximum absolute atomic E-state index is 13.0. The number of halogens is 3. The van der Waals surface area contributed by atoms with Crippen LogP contribution in [0.2, 0.25) is 0 Å². The van der Waals surface area contributed by atoms with Crippen LogP contribution in [-0.4, -0.2) is 21.0 Å². The number of aromatic nitrogens is 1. The van der Waals surface area contributed by atoms with Crippen LogP contribution in [0.1, 0.15) is 37.7 Å². The molecule has 3 aromatic rings. The molecule has 1 aromatic heterocycles. The molecule has 0 unspecified atom stereocenters. The highest BCUT2D eigenvalue weighted by Gasteiger charge is 2.30. The Kier molecular flexibility index (Phi) is 6.34. The van der Waals surface area contributed by atoms with E-state index in [1.54, 1.807) is 6.07 Å². The third-order valence-electron chi connectivity index (χ3n) is 4.32. The Labute approximate surface area is 170 Å². The summed E-state index contributed by atoms with van der Waals surface area (Å²) in [7, 11) is 0. The first-order valence-corrected chi connectivity index (χ1v) is 9.70. The summed E-state index contributed by atoms with van der Waals surface area (Å²) in [5, 5.41) is 11.1. The zero-order valence-electron chi connectivity index (χ0n) is 15.6. The SMILES string of the molecule is Cc1ccc(CN(Cc2cccc(C(F)(F)F)c2)Cc2nc(C(=O)O)cs2)cc1. The van der Waals surface area contributed by atoms with Crippen LogP contribution in [0, 0.1) is 6.92 Å². The number of benzene rings is 2. The summed E-state index contributed by atoms with van der Waals surface area (Å²) >= 11 is 1.22. The van der Waals surface area contributed by atoms with Crippen molar-refractivity contribution in [3.8, 4) is 0 Å². The highest BCUT2D eigenvalue weighted by molar-refractivity contribution is 7.09. The quantitative estimate of drug-likeness (QED) is 0.558. The number of rotatable bonds is 7. The lowest BCUT2D eigenvalue weighted by Crippen LogP contribution is -2.22. The smallest absolute Gasteiger partial charge is 0.416 e. The van der Waals surface area contributed by atoms with E-state index in [2.05, 4.69) is 4.98 Å². The van der Waals surface area contributed by atoms with Gasteiger partial charge in [0.25, 0.3) is 0 Å². The number of thiazole rings is 1. The third kappa shape index (κ3) is 5.88. The van der Waals surface area contributed by atoms with Crippen LogP contribution in [0.3, 0.4) is 0 Å². The lowest BCUT2D eigenvalue weighted by atomic mass is 10.1. The van der Waals surface area contributed by atoms with Gasteiger partial charge in [-0.2, -0.15) is 13.2 Å². The van der Waals surface area contributed by atoms with Gasteiger partial charge < -0.3 is 5.11 Å². The molecule has 0 saturated carbocycles. The minimum atomic E-state index is -4.40. The Morgan fingerprint density at radius 3 is 2.38 bits per heavy atom. The molecule has 0 fully saturated rings. The molecular formula is C21H19F3N2O2S. The number of nitrogens with zero attached hydrogens (tertiary/aromatic N) is 2. The molecule has 152 valence electrons. The van der Waals surface area contributed by atoms with Gasteiger partial charge in [-0.05, 0) is 24.1 Å². The average molecular weight is 420 g/mol. The van der Waals surface area contributed by atoms with Gasteiger partial charge in [0.1, 0.15) is 5.01 Å². The van der Waals surface area contributed by atoms with Crippen molar-refractivity contribution in [3.05, 3.63) is 86.9 Å². The highest BCUT2D eigenvalue weighted by Crippen LogP contribution is 2.30. The van der Waals surface area contributed by atoms with E-state index < -0.39 is 17.7 Å². The van der Waals surface area contributed by atoms with Gasteiger partial charge in [-0.15, -0.1) is 11.3 Å². The Morgan fingerprint density at radius 2 is 1.76 bits per heavy atom. The second-order valence-electron chi connectivity index (χ2n) is 6.76. The van der Waals surface area contributed by atoms with Gasteiger partial charge >= 0.3 is 12.1 Å². The van der Waals surface area contributed by atoms with E-state index in [0.29, 0.717) is 23.7 Å². The molecule has 0 spiro atoms. The van der Waals surface area contributed by atoms with E-state index in [0.717, 1.165) is 23.3 Å². The first-order valence-electron chi connectivity index (χ1n) is 8.82. The fraction of sp³-hybridized carbons (Fsp3) is 0.238. The Balaban J connectivity index is 1.83. The molecule has 0 aliphatic carbocycles. The summed E-state index contributed by atoms with van der Waals surface area (Å²) in [6, 6.07) is 13.1. The number of carboxylic acid groups (broad SMARTS) is 1. The molecule has 0 aliphatic rings. The van der Waals surface area contributed by atoms with Crippen molar-refractivity contribution in [2.75, 3.05) is 0 Å². The molecule has 0 radical (unpaired) electrons. The van der Waals surface area contributed by atoms with Crippen molar-refractivity contribution in [1.29, 1.82) is 0 Å². The van der Waals surface area contributed by atoms with Crippen LogP contribution >= 0.6 is 11.3 Å². The van der Waals surface area contributed by atoms with Crippen molar-refractivity contribution in [3.63, 3.8) is 0 Å². The van der Waals surface area contributed by atoms with E-state index in [1.165, 1.54) is 22.8 Å². The average Bonchev–Trinajstić information content (AvgIpc) is 3.12. The van der Waals surface area contributed by atoms with Crippen LogP contribution in [0.15, 0.2) is 53.9 Å². The molecule has 1 heterocycles. The first-order chi connectivity index (χ1) is 13.7. The summed E-state index contributed by atoms with van der Waals surface area (Å²) < 4.78 is 39.1. The first kappa shape index (κ1) is 21.0. The van der Waals surface area contributed by atoms with E-state index in [1.807, 2.05) is 36.1 Å². The fourth-order valence-corrected chi connectivity index (χ4v) is 3.71. The second-order valence-corrected chi connectivity index (χ2v) is 7.70. The number of carbonyl (C=O) groups is 1. The lowest BCUT2D eigenvalue weighted by molar-refractivity contribution is -0.137. The number of aryl methyl sites for hydroxylation is 1. The van der Waals surface area contributed by atoms with Gasteiger partial charge in [0.2, 0.25) is 0 Å². The van der Waals surface area contributed by atoms with Crippen LogP contribution < -0.4 is 0 Å². The van der Waals surface area contributed by atoms with Crippen molar-refractivity contribution in [2.45, 2.75) is 32.7 Å². The van der Waals surface area contributed by atoms with Gasteiger partial charge in [0.05, 0.1) is 12.1 Å². The molecular weight excluding hydrogens is 401 g/mol. The van der Waals surface area contributed by atoms with Gasteiger partial charge in [0.15, 0.2) is 5.69 Å². The van der Waals surface area contributed by atoms with Gasteiger partial charge in [0, 0.05) is 18.5 Å². The summed E-state index contributed by atoms with van der Waals surface area (Å²) in [6.07, 6.45) is -4.40. The lowest BCUT2D eigenvalue weighted by Gasteiger charge is -2.22. The fourth-order valence-electron chi connectivity index (χ4n) is 2.90. The molecule has 0 aliphatic heterocycles. The monoisotopic (exact) mass is 420 g/mol. The Hall–Kier alpha value is -2.71. The number of aromatic carboxylic acids is 1. The largest absolute Gasteiger partial charge is 0.476 e. The topological polar surface area (TPSA) is 53.4 Å². The maximum atomic E-state index is 13.0. The molecule has 0 amide bonds. The van der Waals surface area contributed by atoms with Gasteiger partial charge in [-0.1, -0.05) is 48.0 Å². The summed E-state index contributed by atoms with van der Waals surface area (Å²) in [6.45, 7) is 3.09. The third-order valence-corrected chi connectivity index (χ3v) is 5.15. The zero-order valence-corrected chi connectivity index (χ0v) is 16.4. The molecule has 0 saturated heterocycles. The van der Waals surface area contributed by atoms with E-state index in [-0.39, 0.29) is 12.2 Å². The molecule has 29 heavy (non-hydrogen) atoms. The maximum Gasteiger partial charge on any atom is 0.416 e. The predicted octanol–water partition coefficient (Wildman–Crippen LogP) is 5.37. The Morgan fingerprint density at radius 1 is 1.07 bits per heavy atom. The van der Waals surface area contributed by atoms with Gasteiger partial charge in [-0.3, -0.25) is 4.90 Å².